The van der Waals surface area contributed by atoms with Crippen molar-refractivity contribution in [1.29, 1.82) is 0 Å². The molecule has 0 radical (unpaired) electrons. The highest BCUT2D eigenvalue weighted by molar-refractivity contribution is 7.86. The Balaban J connectivity index is 1.77. The molecular formula is C35H37N2O6S+. The van der Waals surface area contributed by atoms with Crippen molar-refractivity contribution in [2.45, 2.75) is 52.1 Å². The summed E-state index contributed by atoms with van der Waals surface area (Å²) in [6.07, 6.45) is 4.94. The van der Waals surface area contributed by atoms with Gasteiger partial charge >= 0.3 is 5.97 Å². The van der Waals surface area contributed by atoms with Crippen molar-refractivity contribution >= 4 is 38.5 Å². The lowest BCUT2D eigenvalue weighted by Gasteiger charge is -2.41. The molecule has 3 aromatic rings. The van der Waals surface area contributed by atoms with Crippen molar-refractivity contribution in [2.24, 2.45) is 0 Å². The van der Waals surface area contributed by atoms with Crippen LogP contribution >= 0.6 is 0 Å². The van der Waals surface area contributed by atoms with Crippen molar-refractivity contribution < 1.29 is 27.6 Å². The van der Waals surface area contributed by atoms with Crippen LogP contribution in [0.1, 0.15) is 73.7 Å². The van der Waals surface area contributed by atoms with Gasteiger partial charge < -0.3 is 14.7 Å². The van der Waals surface area contributed by atoms with Crippen LogP contribution in [0.5, 0.6) is 11.5 Å². The lowest BCUT2D eigenvalue weighted by Crippen LogP contribution is -2.47. The van der Waals surface area contributed by atoms with Gasteiger partial charge in [0.1, 0.15) is 24.3 Å². The number of rotatable bonds is 5. The Bertz CT molecular complexity index is 2090. The number of carboxylic acid groups (broad SMARTS) is 1. The highest BCUT2D eigenvalue weighted by Gasteiger charge is 2.36. The Hall–Kier alpha value is -4.21. The van der Waals surface area contributed by atoms with Crippen LogP contribution in [0.25, 0.3) is 16.7 Å². The van der Waals surface area contributed by atoms with Crippen LogP contribution in [-0.2, 0) is 10.1 Å². The molecule has 8 nitrogen and oxygen atoms in total. The van der Waals surface area contributed by atoms with Gasteiger partial charge in [-0.1, -0.05) is 31.2 Å². The van der Waals surface area contributed by atoms with Gasteiger partial charge in [-0.05, 0) is 61.3 Å². The largest absolute Gasteiger partial charge is 0.478 e. The third kappa shape index (κ3) is 4.75. The molecule has 0 saturated heterocycles. The van der Waals surface area contributed by atoms with E-state index in [1.807, 2.05) is 55.8 Å². The Kier molecular flexibility index (Phi) is 6.72. The van der Waals surface area contributed by atoms with Crippen LogP contribution in [0.3, 0.4) is 0 Å². The molecule has 228 valence electrons. The number of allylic oxidation sites excluding steroid dienone is 1. The van der Waals surface area contributed by atoms with E-state index in [1.165, 1.54) is 5.57 Å². The number of hydrogen-bond acceptors (Lipinski definition) is 5. The molecule has 0 atom stereocenters. The molecular weight excluding hydrogens is 576 g/mol. The average molecular weight is 614 g/mol. The normalized spacial score (nSPS) is 17.9. The fraction of sp³-hybridized carbons (Fsp3) is 0.314. The fourth-order valence-corrected chi connectivity index (χ4v) is 7.27. The number of aromatic carboxylic acids is 1. The summed E-state index contributed by atoms with van der Waals surface area (Å²) >= 11 is 0. The molecule has 9 heteroatoms. The van der Waals surface area contributed by atoms with Crippen molar-refractivity contribution in [2.75, 3.05) is 24.7 Å². The van der Waals surface area contributed by atoms with Gasteiger partial charge in [0.15, 0.2) is 5.54 Å². The Morgan fingerprint density at radius 1 is 0.932 bits per heavy atom. The Labute approximate surface area is 257 Å². The van der Waals surface area contributed by atoms with Crippen molar-refractivity contribution in [3.8, 4) is 11.5 Å². The molecule has 0 aliphatic carbocycles. The van der Waals surface area contributed by atoms with E-state index in [0.717, 1.165) is 28.6 Å². The first kappa shape index (κ1) is 29.8. The summed E-state index contributed by atoms with van der Waals surface area (Å²) in [5.74, 6) is -0.457. The highest BCUT2D eigenvalue weighted by Crippen LogP contribution is 2.47. The van der Waals surface area contributed by atoms with Gasteiger partial charge in [0.05, 0.1) is 22.7 Å². The van der Waals surface area contributed by atoms with Crippen LogP contribution < -0.4 is 24.8 Å². The Morgan fingerprint density at radius 3 is 2.30 bits per heavy atom. The van der Waals surface area contributed by atoms with Gasteiger partial charge in [-0.2, -0.15) is 8.42 Å². The van der Waals surface area contributed by atoms with Gasteiger partial charge in [0, 0.05) is 54.6 Å². The van der Waals surface area contributed by atoms with E-state index < -0.39 is 27.4 Å². The van der Waals surface area contributed by atoms with E-state index >= 15 is 0 Å². The maximum atomic E-state index is 12.5. The third-order valence-corrected chi connectivity index (χ3v) is 9.97. The van der Waals surface area contributed by atoms with Gasteiger partial charge in [-0.25, -0.2) is 9.37 Å². The van der Waals surface area contributed by atoms with E-state index in [0.29, 0.717) is 39.0 Å². The summed E-state index contributed by atoms with van der Waals surface area (Å²) in [5, 5.41) is 11.6. The minimum absolute atomic E-state index is 0.146. The summed E-state index contributed by atoms with van der Waals surface area (Å²) in [6, 6.07) is 14.8. The summed E-state index contributed by atoms with van der Waals surface area (Å²) in [5.41, 5.74) is 5.72. The molecule has 3 heterocycles. The molecule has 0 fully saturated rings. The molecule has 2 N–H and O–H groups in total. The molecule has 0 bridgehead atoms. The predicted molar refractivity (Wildman–Crippen MR) is 174 cm³/mol. The number of fused-ring (bicyclic) bond motifs is 4. The quantitative estimate of drug-likeness (QED) is 0.243. The summed E-state index contributed by atoms with van der Waals surface area (Å²) in [7, 11) is -0.344. The lowest BCUT2D eigenvalue weighted by atomic mass is 9.83. The molecule has 3 aliphatic rings. The van der Waals surface area contributed by atoms with Crippen LogP contribution in [0.15, 0.2) is 60.7 Å². The number of carboxylic acids is 1. The number of hydrogen-bond donors (Lipinski definition) is 2. The predicted octanol–water partition coefficient (Wildman–Crippen LogP) is 4.94. The second-order valence-electron chi connectivity index (χ2n) is 12.9. The number of nitrogens with zero attached hydrogens (tertiary/aromatic N) is 2. The van der Waals surface area contributed by atoms with E-state index in [-0.39, 0.29) is 11.1 Å². The van der Waals surface area contributed by atoms with Crippen LogP contribution in [0, 0.1) is 0 Å². The number of benzene rings is 3. The summed E-state index contributed by atoms with van der Waals surface area (Å²) < 4.78 is 42.8. The van der Waals surface area contributed by atoms with Crippen molar-refractivity contribution in [1.82, 2.24) is 4.58 Å². The molecule has 0 spiro atoms. The van der Waals surface area contributed by atoms with Crippen molar-refractivity contribution in [3.63, 3.8) is 0 Å². The molecule has 44 heavy (non-hydrogen) atoms. The maximum absolute atomic E-state index is 12.5. The molecule has 3 aromatic carbocycles. The second-order valence-corrected chi connectivity index (χ2v) is 14.4. The zero-order chi connectivity index (χ0) is 31.9. The zero-order valence-corrected chi connectivity index (χ0v) is 26.8. The zero-order valence-electron chi connectivity index (χ0n) is 26.0. The molecule has 0 amide bonds. The molecule has 0 unspecified atom stereocenters. The standard InChI is InChI=1S/C35H36N2O6S/c1-8-20-17-34(2,3)36(6)28-15-30-26(13-24(20)28)32(22-11-9-10-12-23(22)33(38)39)27-14-25-21(19-44(40,41)42)18-35(4,5)37(7)29(25)16-31(27)43-30/h9-18H,8,19H2,1-7H3,(H-,38,39,40,41,42)/p+1. The smallest absolute Gasteiger partial charge is 0.336 e. The number of carbonyl (C=O) groups is 1. The molecule has 3 aliphatic heterocycles. The number of ether oxygens (including phenoxy) is 1. The van der Waals surface area contributed by atoms with E-state index in [4.69, 9.17) is 4.74 Å². The minimum Gasteiger partial charge on any atom is -0.478 e. The molecule has 6 rings (SSSR count). The number of likely N-dealkylation sites (N-methyl/N-ethyl adjacent to an activating group) is 2. The number of anilines is 1. The van der Waals surface area contributed by atoms with Gasteiger partial charge in [-0.3, -0.25) is 4.55 Å². The fourth-order valence-electron chi connectivity index (χ4n) is 6.64. The first-order chi connectivity index (χ1) is 20.5. The van der Waals surface area contributed by atoms with Gasteiger partial charge in [-0.15, -0.1) is 0 Å². The summed E-state index contributed by atoms with van der Waals surface area (Å²) in [6.45, 7) is 10.4. The molecule has 0 aromatic heterocycles. The van der Waals surface area contributed by atoms with Crippen LogP contribution in [0.4, 0.5) is 5.69 Å². The third-order valence-electron chi connectivity index (χ3n) is 9.30. The Morgan fingerprint density at radius 2 is 1.64 bits per heavy atom. The lowest BCUT2D eigenvalue weighted by molar-refractivity contribution is 0.0696. The summed E-state index contributed by atoms with van der Waals surface area (Å²) in [4.78, 5) is 14.7. The monoisotopic (exact) mass is 613 g/mol. The molecule has 0 saturated carbocycles. The van der Waals surface area contributed by atoms with Crippen LogP contribution in [0.2, 0.25) is 0 Å². The maximum Gasteiger partial charge on any atom is 0.336 e. The topological polar surface area (TPSA) is 107 Å². The highest BCUT2D eigenvalue weighted by atomic mass is 32.2. The second kappa shape index (κ2) is 9.90. The minimum atomic E-state index is -4.34. The van der Waals surface area contributed by atoms with Gasteiger partial charge in [0.25, 0.3) is 10.1 Å². The first-order valence-electron chi connectivity index (χ1n) is 14.6. The SMILES string of the molecule is CCC1=CC(C)(C)N(C)c2cc3c(cc21)C(c1ccccc1C(=O)O)=c1cc2c(cc1O3)=[N+](C)C(C)(C)C=C2CS(=O)(=O)O. The van der Waals surface area contributed by atoms with Gasteiger partial charge in [0.2, 0.25) is 5.36 Å². The average Bonchev–Trinajstić information content (AvgIpc) is 2.94. The van der Waals surface area contributed by atoms with E-state index in [1.54, 1.807) is 18.2 Å². The van der Waals surface area contributed by atoms with E-state index in [9.17, 15) is 22.9 Å². The first-order valence-corrected chi connectivity index (χ1v) is 16.2. The van der Waals surface area contributed by atoms with Crippen LogP contribution in [-0.4, -0.2) is 55.0 Å². The van der Waals surface area contributed by atoms with Crippen molar-refractivity contribution in [3.05, 3.63) is 99.1 Å². The van der Waals surface area contributed by atoms with E-state index in [2.05, 4.69) is 44.9 Å².